The van der Waals surface area contributed by atoms with Crippen LogP contribution in [0.1, 0.15) is 34.1 Å². The summed E-state index contributed by atoms with van der Waals surface area (Å²) in [7, 11) is 1.92. The van der Waals surface area contributed by atoms with Gasteiger partial charge >= 0.3 is 0 Å². The van der Waals surface area contributed by atoms with Gasteiger partial charge in [0, 0.05) is 19.7 Å². The van der Waals surface area contributed by atoms with E-state index in [1.165, 1.54) is 0 Å². The first kappa shape index (κ1) is 19.8. The summed E-state index contributed by atoms with van der Waals surface area (Å²) in [6.45, 7) is 13.0. The number of ether oxygens (including phenoxy) is 3. The van der Waals surface area contributed by atoms with Gasteiger partial charge in [-0.1, -0.05) is 13.8 Å². The SMILES string of the molecule is CC(C)CCOCCOCCOCCON(C)C(C)C. The second-order valence-electron chi connectivity index (χ2n) is 5.49. The fraction of sp³-hybridized carbons (Fsp3) is 1.00. The van der Waals surface area contributed by atoms with Crippen molar-refractivity contribution in [3.05, 3.63) is 0 Å². The number of nitrogens with zero attached hydrogens (tertiary/aromatic N) is 1. The fourth-order valence-corrected chi connectivity index (χ4v) is 1.25. The normalized spacial score (nSPS) is 12.0. The van der Waals surface area contributed by atoms with Crippen LogP contribution in [0.3, 0.4) is 0 Å². The molecule has 0 aliphatic heterocycles. The smallest absolute Gasteiger partial charge is 0.0918 e. The average molecular weight is 291 g/mol. The van der Waals surface area contributed by atoms with Crippen LogP contribution in [-0.4, -0.2) is 64.4 Å². The third kappa shape index (κ3) is 14.2. The fourth-order valence-electron chi connectivity index (χ4n) is 1.25. The summed E-state index contributed by atoms with van der Waals surface area (Å²) in [5, 5.41) is 1.83. The lowest BCUT2D eigenvalue weighted by atomic mass is 10.1. The van der Waals surface area contributed by atoms with Gasteiger partial charge in [0.15, 0.2) is 0 Å². The van der Waals surface area contributed by atoms with E-state index in [1.807, 2.05) is 12.1 Å². The topological polar surface area (TPSA) is 40.2 Å². The Bertz CT molecular complexity index is 200. The Balaban J connectivity index is 3.06. The van der Waals surface area contributed by atoms with E-state index in [1.54, 1.807) is 0 Å². The van der Waals surface area contributed by atoms with Gasteiger partial charge in [-0.15, -0.1) is 0 Å². The Morgan fingerprint density at radius 3 is 1.60 bits per heavy atom. The lowest BCUT2D eigenvalue weighted by molar-refractivity contribution is -0.171. The average Bonchev–Trinajstić information content (AvgIpc) is 2.39. The van der Waals surface area contributed by atoms with Crippen LogP contribution in [0.2, 0.25) is 0 Å². The van der Waals surface area contributed by atoms with Gasteiger partial charge in [-0.25, -0.2) is 0 Å². The molecule has 0 aromatic rings. The van der Waals surface area contributed by atoms with Crippen molar-refractivity contribution in [3.63, 3.8) is 0 Å². The Hall–Kier alpha value is -0.200. The molecule has 5 nitrogen and oxygen atoms in total. The minimum absolute atomic E-state index is 0.383. The highest BCUT2D eigenvalue weighted by Gasteiger charge is 2.02. The second kappa shape index (κ2) is 13.8. The Kier molecular flexibility index (Phi) is 13.6. The van der Waals surface area contributed by atoms with Crippen LogP contribution >= 0.6 is 0 Å². The molecule has 20 heavy (non-hydrogen) atoms. The first-order valence-corrected chi connectivity index (χ1v) is 7.63. The summed E-state index contributed by atoms with van der Waals surface area (Å²) < 4.78 is 16.3. The summed E-state index contributed by atoms with van der Waals surface area (Å²) in [4.78, 5) is 5.44. The Labute approximate surface area is 124 Å². The van der Waals surface area contributed by atoms with E-state index in [2.05, 4.69) is 27.7 Å². The van der Waals surface area contributed by atoms with Crippen molar-refractivity contribution in [3.8, 4) is 0 Å². The third-order valence-corrected chi connectivity index (χ3v) is 2.83. The summed E-state index contributed by atoms with van der Waals surface area (Å²) >= 11 is 0. The van der Waals surface area contributed by atoms with Crippen molar-refractivity contribution in [2.24, 2.45) is 5.92 Å². The third-order valence-electron chi connectivity index (χ3n) is 2.83. The number of hydroxylamine groups is 2. The molecule has 0 unspecified atom stereocenters. The van der Waals surface area contributed by atoms with Crippen molar-refractivity contribution in [1.82, 2.24) is 5.06 Å². The molecule has 0 aromatic heterocycles. The monoisotopic (exact) mass is 291 g/mol. The molecule has 0 aromatic carbocycles. The van der Waals surface area contributed by atoms with Crippen LogP contribution in [0.25, 0.3) is 0 Å². The predicted molar refractivity (Wildman–Crippen MR) is 80.8 cm³/mol. The van der Waals surface area contributed by atoms with Crippen LogP contribution < -0.4 is 0 Å². The van der Waals surface area contributed by atoms with Crippen LogP contribution in [-0.2, 0) is 19.0 Å². The lowest BCUT2D eigenvalue weighted by Crippen LogP contribution is -2.28. The molecular weight excluding hydrogens is 258 g/mol. The molecular formula is C15H33NO4. The molecule has 0 aliphatic carbocycles. The van der Waals surface area contributed by atoms with Crippen molar-refractivity contribution in [1.29, 1.82) is 0 Å². The van der Waals surface area contributed by atoms with E-state index < -0.39 is 0 Å². The van der Waals surface area contributed by atoms with E-state index in [9.17, 15) is 0 Å². The maximum atomic E-state index is 5.45. The van der Waals surface area contributed by atoms with Crippen LogP contribution in [0, 0.1) is 5.92 Å². The largest absolute Gasteiger partial charge is 0.379 e. The van der Waals surface area contributed by atoms with Gasteiger partial charge < -0.3 is 14.2 Å². The van der Waals surface area contributed by atoms with E-state index >= 15 is 0 Å². The highest BCUT2D eigenvalue weighted by molar-refractivity contribution is 4.44. The lowest BCUT2D eigenvalue weighted by Gasteiger charge is -2.20. The molecule has 0 saturated heterocycles. The summed E-state index contributed by atoms with van der Waals surface area (Å²) in [6, 6.07) is 0.383. The first-order valence-electron chi connectivity index (χ1n) is 7.63. The van der Waals surface area contributed by atoms with E-state index in [0.29, 0.717) is 51.6 Å². The molecule has 0 N–H and O–H groups in total. The number of rotatable bonds is 14. The summed E-state index contributed by atoms with van der Waals surface area (Å²) in [5.41, 5.74) is 0. The zero-order valence-electron chi connectivity index (χ0n) is 13.9. The quantitative estimate of drug-likeness (QED) is 0.363. The molecule has 0 spiro atoms. The van der Waals surface area contributed by atoms with Crippen molar-refractivity contribution < 1.29 is 19.0 Å². The summed E-state index contributed by atoms with van der Waals surface area (Å²) in [6.07, 6.45) is 1.11. The second-order valence-corrected chi connectivity index (χ2v) is 5.49. The molecule has 0 rings (SSSR count). The van der Waals surface area contributed by atoms with Gasteiger partial charge in [-0.3, -0.25) is 4.84 Å². The van der Waals surface area contributed by atoms with Gasteiger partial charge in [0.05, 0.1) is 39.6 Å². The molecule has 0 saturated carbocycles. The first-order chi connectivity index (χ1) is 9.54. The van der Waals surface area contributed by atoms with E-state index in [4.69, 9.17) is 19.0 Å². The zero-order chi connectivity index (χ0) is 15.2. The maximum Gasteiger partial charge on any atom is 0.0918 e. The molecule has 5 heteroatoms. The van der Waals surface area contributed by atoms with E-state index in [0.717, 1.165) is 13.0 Å². The Morgan fingerprint density at radius 2 is 1.15 bits per heavy atom. The predicted octanol–water partition coefficient (Wildman–Crippen LogP) is 2.35. The highest BCUT2D eigenvalue weighted by atomic mass is 16.7. The summed E-state index contributed by atoms with van der Waals surface area (Å²) in [5.74, 6) is 0.696. The molecule has 0 heterocycles. The molecule has 0 amide bonds. The van der Waals surface area contributed by atoms with Gasteiger partial charge in [-0.05, 0) is 26.2 Å². The molecule has 0 bridgehead atoms. The molecule has 122 valence electrons. The Morgan fingerprint density at radius 1 is 0.700 bits per heavy atom. The van der Waals surface area contributed by atoms with Gasteiger partial charge in [-0.2, -0.15) is 5.06 Å². The van der Waals surface area contributed by atoms with Gasteiger partial charge in [0.1, 0.15) is 0 Å². The van der Waals surface area contributed by atoms with Crippen LogP contribution in [0.5, 0.6) is 0 Å². The molecule has 0 fully saturated rings. The highest BCUT2D eigenvalue weighted by Crippen LogP contribution is 1.98. The number of hydrogen-bond donors (Lipinski definition) is 0. The molecule has 0 radical (unpaired) electrons. The minimum Gasteiger partial charge on any atom is -0.379 e. The van der Waals surface area contributed by atoms with Crippen LogP contribution in [0.4, 0.5) is 0 Å². The maximum absolute atomic E-state index is 5.45. The standard InChI is InChI=1S/C15H33NO4/c1-14(2)6-7-17-8-9-18-10-11-19-12-13-20-16(5)15(3)4/h14-15H,6-13H2,1-5H3. The van der Waals surface area contributed by atoms with Crippen LogP contribution in [0.15, 0.2) is 0 Å². The van der Waals surface area contributed by atoms with Crippen molar-refractivity contribution in [2.45, 2.75) is 40.2 Å². The molecule has 0 atom stereocenters. The number of hydrogen-bond acceptors (Lipinski definition) is 5. The van der Waals surface area contributed by atoms with Gasteiger partial charge in [0.25, 0.3) is 0 Å². The minimum atomic E-state index is 0.383. The van der Waals surface area contributed by atoms with Crippen molar-refractivity contribution in [2.75, 3.05) is 53.3 Å². The van der Waals surface area contributed by atoms with Gasteiger partial charge in [0.2, 0.25) is 0 Å². The van der Waals surface area contributed by atoms with Crippen molar-refractivity contribution >= 4 is 0 Å². The zero-order valence-corrected chi connectivity index (χ0v) is 13.9. The molecule has 0 aliphatic rings. The van der Waals surface area contributed by atoms with E-state index in [-0.39, 0.29) is 0 Å².